The summed E-state index contributed by atoms with van der Waals surface area (Å²) in [6.07, 6.45) is 1.57. The van der Waals surface area contributed by atoms with Crippen molar-refractivity contribution in [3.05, 3.63) is 41.0 Å². The number of hydrogen-bond donors (Lipinski definition) is 1. The number of aromatic nitrogens is 1. The Labute approximate surface area is 73.7 Å². The quantitative estimate of drug-likeness (QED) is 0.653. The van der Waals surface area contributed by atoms with Crippen molar-refractivity contribution in [2.75, 3.05) is 0 Å². The van der Waals surface area contributed by atoms with E-state index in [1.807, 2.05) is 34.3 Å². The van der Waals surface area contributed by atoms with Gasteiger partial charge in [-0.25, -0.2) is 0 Å². The molecule has 3 heteroatoms. The predicted molar refractivity (Wildman–Crippen MR) is 47.7 cm³/mol. The van der Waals surface area contributed by atoms with Crippen LogP contribution >= 0.6 is 11.3 Å². The molecule has 0 amide bonds. The number of rotatable bonds is 0. The summed E-state index contributed by atoms with van der Waals surface area (Å²) in [6, 6.07) is 5.90. The van der Waals surface area contributed by atoms with Crippen LogP contribution in [0.25, 0.3) is 5.00 Å². The molecule has 0 saturated heterocycles. The molecule has 1 unspecified atom stereocenters. The molecule has 0 aromatic carbocycles. The van der Waals surface area contributed by atoms with Crippen molar-refractivity contribution in [2.45, 2.75) is 6.10 Å². The molecular formula is C9H7NOS. The summed E-state index contributed by atoms with van der Waals surface area (Å²) in [4.78, 5) is 0. The SMILES string of the molecule is OC1c2ccsc2-n2cccc21. The van der Waals surface area contributed by atoms with Crippen molar-refractivity contribution in [3.8, 4) is 5.00 Å². The normalized spacial score (nSPS) is 19.2. The number of aliphatic hydroxyl groups excluding tert-OH is 1. The van der Waals surface area contributed by atoms with E-state index in [0.717, 1.165) is 16.3 Å². The highest BCUT2D eigenvalue weighted by molar-refractivity contribution is 7.12. The number of fused-ring (bicyclic) bond motifs is 3. The zero-order valence-corrected chi connectivity index (χ0v) is 7.08. The highest BCUT2D eigenvalue weighted by Crippen LogP contribution is 2.39. The lowest BCUT2D eigenvalue weighted by Gasteiger charge is -1.98. The number of aliphatic hydroxyl groups is 1. The number of thiophene rings is 1. The van der Waals surface area contributed by atoms with Gasteiger partial charge in [-0.15, -0.1) is 11.3 Å². The fourth-order valence-corrected chi connectivity index (χ4v) is 2.62. The second kappa shape index (κ2) is 2.00. The van der Waals surface area contributed by atoms with Gasteiger partial charge in [-0.3, -0.25) is 0 Å². The van der Waals surface area contributed by atoms with E-state index in [1.54, 1.807) is 11.3 Å². The van der Waals surface area contributed by atoms with E-state index >= 15 is 0 Å². The Morgan fingerprint density at radius 3 is 3.25 bits per heavy atom. The molecular weight excluding hydrogens is 170 g/mol. The van der Waals surface area contributed by atoms with Crippen LogP contribution in [0, 0.1) is 0 Å². The van der Waals surface area contributed by atoms with Gasteiger partial charge in [-0.1, -0.05) is 0 Å². The predicted octanol–water partition coefficient (Wildman–Crippen LogP) is 1.93. The highest BCUT2D eigenvalue weighted by Gasteiger charge is 2.26. The van der Waals surface area contributed by atoms with Gasteiger partial charge in [0.25, 0.3) is 0 Å². The van der Waals surface area contributed by atoms with Crippen molar-refractivity contribution < 1.29 is 5.11 Å². The summed E-state index contributed by atoms with van der Waals surface area (Å²) in [5, 5.41) is 13.0. The van der Waals surface area contributed by atoms with E-state index in [4.69, 9.17) is 0 Å². The smallest absolute Gasteiger partial charge is 0.122 e. The first kappa shape index (κ1) is 6.46. The van der Waals surface area contributed by atoms with Crippen LogP contribution in [0.1, 0.15) is 17.4 Å². The van der Waals surface area contributed by atoms with E-state index in [1.165, 1.54) is 0 Å². The summed E-state index contributed by atoms with van der Waals surface area (Å²) in [5.41, 5.74) is 2.02. The number of hydrogen-bond acceptors (Lipinski definition) is 2. The molecule has 0 radical (unpaired) electrons. The minimum absolute atomic E-state index is 0.416. The average Bonchev–Trinajstić information content (AvgIpc) is 2.72. The summed E-state index contributed by atoms with van der Waals surface area (Å²) >= 11 is 1.67. The molecule has 60 valence electrons. The molecule has 2 nitrogen and oxygen atoms in total. The molecule has 1 aliphatic rings. The Balaban J connectivity index is 2.39. The van der Waals surface area contributed by atoms with Gasteiger partial charge in [0.05, 0.1) is 5.69 Å². The average molecular weight is 177 g/mol. The monoisotopic (exact) mass is 177 g/mol. The van der Waals surface area contributed by atoms with E-state index < -0.39 is 6.10 Å². The van der Waals surface area contributed by atoms with Gasteiger partial charge in [0, 0.05) is 11.8 Å². The van der Waals surface area contributed by atoms with Crippen LogP contribution in [0.3, 0.4) is 0 Å². The molecule has 12 heavy (non-hydrogen) atoms. The van der Waals surface area contributed by atoms with Gasteiger partial charge >= 0.3 is 0 Å². The molecule has 0 aliphatic carbocycles. The highest BCUT2D eigenvalue weighted by atomic mass is 32.1. The summed E-state index contributed by atoms with van der Waals surface area (Å²) in [7, 11) is 0. The molecule has 1 atom stereocenters. The molecule has 3 rings (SSSR count). The minimum Gasteiger partial charge on any atom is -0.382 e. The van der Waals surface area contributed by atoms with Gasteiger partial charge < -0.3 is 9.67 Å². The van der Waals surface area contributed by atoms with Crippen molar-refractivity contribution in [1.29, 1.82) is 0 Å². The summed E-state index contributed by atoms with van der Waals surface area (Å²) in [6.45, 7) is 0. The molecule has 0 fully saturated rings. The molecule has 0 spiro atoms. The van der Waals surface area contributed by atoms with E-state index in [0.29, 0.717) is 0 Å². The first-order valence-electron chi connectivity index (χ1n) is 3.81. The zero-order valence-electron chi connectivity index (χ0n) is 6.27. The maximum atomic E-state index is 9.80. The van der Waals surface area contributed by atoms with Gasteiger partial charge in [0.2, 0.25) is 0 Å². The Bertz CT molecular complexity index is 389. The molecule has 0 bridgehead atoms. The fraction of sp³-hybridized carbons (Fsp3) is 0.111. The number of nitrogens with zero attached hydrogens (tertiary/aromatic N) is 1. The van der Waals surface area contributed by atoms with Crippen LogP contribution in [0.5, 0.6) is 0 Å². The van der Waals surface area contributed by atoms with Crippen LogP contribution in [0.15, 0.2) is 29.8 Å². The van der Waals surface area contributed by atoms with Crippen molar-refractivity contribution in [3.63, 3.8) is 0 Å². The first-order valence-corrected chi connectivity index (χ1v) is 4.69. The molecule has 2 aromatic rings. The van der Waals surface area contributed by atoms with E-state index in [-0.39, 0.29) is 0 Å². The zero-order chi connectivity index (χ0) is 8.13. The summed E-state index contributed by atoms with van der Waals surface area (Å²) < 4.78 is 2.05. The molecule has 2 aromatic heterocycles. The van der Waals surface area contributed by atoms with Crippen LogP contribution in [-0.4, -0.2) is 9.67 Å². The van der Waals surface area contributed by atoms with Gasteiger partial charge in [0.1, 0.15) is 11.1 Å². The molecule has 1 N–H and O–H groups in total. The van der Waals surface area contributed by atoms with E-state index in [2.05, 4.69) is 0 Å². The second-order valence-corrected chi connectivity index (χ2v) is 3.78. The molecule has 1 aliphatic heterocycles. The topological polar surface area (TPSA) is 25.2 Å². The molecule has 0 saturated carbocycles. The van der Waals surface area contributed by atoms with Crippen LogP contribution in [0.2, 0.25) is 0 Å². The Morgan fingerprint density at radius 2 is 2.33 bits per heavy atom. The summed E-state index contributed by atoms with van der Waals surface area (Å²) in [5.74, 6) is 0. The fourth-order valence-electron chi connectivity index (χ4n) is 1.68. The minimum atomic E-state index is -0.416. The maximum absolute atomic E-state index is 9.80. The van der Waals surface area contributed by atoms with E-state index in [9.17, 15) is 5.11 Å². The first-order chi connectivity index (χ1) is 5.88. The molecule has 3 heterocycles. The Hall–Kier alpha value is -1.06. The van der Waals surface area contributed by atoms with Gasteiger partial charge in [-0.2, -0.15) is 0 Å². The third-order valence-corrected chi connectivity index (χ3v) is 3.18. The third-order valence-electron chi connectivity index (χ3n) is 2.25. The van der Waals surface area contributed by atoms with Crippen molar-refractivity contribution in [1.82, 2.24) is 4.57 Å². The third kappa shape index (κ3) is 0.589. The lowest BCUT2D eigenvalue weighted by atomic mass is 10.2. The maximum Gasteiger partial charge on any atom is 0.122 e. The van der Waals surface area contributed by atoms with Crippen molar-refractivity contribution >= 4 is 11.3 Å². The largest absolute Gasteiger partial charge is 0.382 e. The van der Waals surface area contributed by atoms with Crippen molar-refractivity contribution in [2.24, 2.45) is 0 Å². The van der Waals surface area contributed by atoms with Gasteiger partial charge in [-0.05, 0) is 23.6 Å². The Morgan fingerprint density at radius 1 is 1.42 bits per heavy atom. The Kier molecular flexibility index (Phi) is 1.07. The van der Waals surface area contributed by atoms with Crippen LogP contribution < -0.4 is 0 Å². The standard InChI is InChI=1S/C9H7NOS/c11-8-6-3-5-12-9(6)10-4-1-2-7(8)10/h1-5,8,11H. The lowest BCUT2D eigenvalue weighted by molar-refractivity contribution is 0.222. The van der Waals surface area contributed by atoms with Gasteiger partial charge in [0.15, 0.2) is 0 Å². The lowest BCUT2D eigenvalue weighted by Crippen LogP contribution is -1.92. The van der Waals surface area contributed by atoms with Crippen LogP contribution in [-0.2, 0) is 0 Å². The second-order valence-electron chi connectivity index (χ2n) is 2.89. The van der Waals surface area contributed by atoms with Crippen LogP contribution in [0.4, 0.5) is 0 Å².